The van der Waals surface area contributed by atoms with Gasteiger partial charge in [-0.05, 0) is 37.3 Å². The monoisotopic (exact) mass is 304 g/mol. The zero-order valence-electron chi connectivity index (χ0n) is 13.3. The molecule has 23 heavy (non-hydrogen) atoms. The topological polar surface area (TPSA) is 34.1 Å². The Bertz CT molecular complexity index is 758. The Morgan fingerprint density at radius 1 is 1.09 bits per heavy atom. The number of fused-ring (bicyclic) bond motifs is 1. The van der Waals surface area contributed by atoms with Gasteiger partial charge in [0.25, 0.3) is 0 Å². The van der Waals surface area contributed by atoms with Crippen LogP contribution in [0.1, 0.15) is 41.3 Å². The Morgan fingerprint density at radius 2 is 1.78 bits per heavy atom. The van der Waals surface area contributed by atoms with E-state index in [1.54, 1.807) is 6.92 Å². The van der Waals surface area contributed by atoms with Crippen molar-refractivity contribution in [2.75, 3.05) is 0 Å². The van der Waals surface area contributed by atoms with Crippen LogP contribution in [0.5, 0.6) is 0 Å². The van der Waals surface area contributed by atoms with Crippen LogP contribution in [0.15, 0.2) is 60.7 Å². The molecule has 2 heteroatoms. The number of ketones is 2. The van der Waals surface area contributed by atoms with Crippen LogP contribution in [0.3, 0.4) is 0 Å². The summed E-state index contributed by atoms with van der Waals surface area (Å²) < 4.78 is 0. The van der Waals surface area contributed by atoms with Gasteiger partial charge < -0.3 is 0 Å². The fourth-order valence-corrected chi connectivity index (χ4v) is 3.31. The Hall–Kier alpha value is -2.48. The highest BCUT2D eigenvalue weighted by atomic mass is 16.2. The average Bonchev–Trinajstić information content (AvgIpc) is 2.58. The molecule has 2 aromatic rings. The van der Waals surface area contributed by atoms with Crippen molar-refractivity contribution in [3.63, 3.8) is 0 Å². The smallest absolute Gasteiger partial charge is 0.176 e. The first kappa shape index (κ1) is 15.4. The number of benzene rings is 2. The van der Waals surface area contributed by atoms with Gasteiger partial charge in [-0.1, -0.05) is 66.7 Å². The van der Waals surface area contributed by atoms with E-state index in [-0.39, 0.29) is 11.6 Å². The van der Waals surface area contributed by atoms with Crippen LogP contribution in [0.2, 0.25) is 0 Å². The van der Waals surface area contributed by atoms with Crippen molar-refractivity contribution >= 4 is 17.6 Å². The molecule has 1 atom stereocenters. The number of aryl methyl sites for hydroxylation is 1. The highest BCUT2D eigenvalue weighted by Crippen LogP contribution is 2.39. The number of carbonyl (C=O) groups is 2. The normalized spacial score (nSPS) is 20.5. The van der Waals surface area contributed by atoms with Gasteiger partial charge in [0.05, 0.1) is 5.41 Å². The van der Waals surface area contributed by atoms with Crippen molar-refractivity contribution < 1.29 is 9.59 Å². The zero-order valence-corrected chi connectivity index (χ0v) is 13.3. The molecular formula is C21H20O2. The van der Waals surface area contributed by atoms with Gasteiger partial charge in [0.2, 0.25) is 0 Å². The van der Waals surface area contributed by atoms with E-state index in [4.69, 9.17) is 0 Å². The minimum atomic E-state index is -0.903. The third kappa shape index (κ3) is 2.89. The Labute approximate surface area is 136 Å². The summed E-state index contributed by atoms with van der Waals surface area (Å²) in [5, 5.41) is 0. The van der Waals surface area contributed by atoms with Crippen LogP contribution in [0.25, 0.3) is 6.08 Å². The SMILES string of the molecule is CC(=O)[C@@]1(C/C=C/c2ccccc2)CCc2ccccc2C1=O. The number of allylic oxidation sites excluding steroid dienone is 1. The Kier molecular flexibility index (Phi) is 4.24. The second kappa shape index (κ2) is 6.33. The first-order valence-electron chi connectivity index (χ1n) is 7.99. The highest BCUT2D eigenvalue weighted by Gasteiger charge is 2.45. The first-order chi connectivity index (χ1) is 11.1. The Balaban J connectivity index is 1.88. The van der Waals surface area contributed by atoms with Crippen molar-refractivity contribution in [2.24, 2.45) is 5.41 Å². The third-order valence-corrected chi connectivity index (χ3v) is 4.77. The van der Waals surface area contributed by atoms with Gasteiger partial charge in [0, 0.05) is 5.56 Å². The molecule has 1 aliphatic carbocycles. The van der Waals surface area contributed by atoms with E-state index in [0.717, 1.165) is 17.5 Å². The summed E-state index contributed by atoms with van der Waals surface area (Å²) in [7, 11) is 0. The predicted molar refractivity (Wildman–Crippen MR) is 92.3 cm³/mol. The van der Waals surface area contributed by atoms with E-state index in [1.165, 1.54) is 0 Å². The summed E-state index contributed by atoms with van der Waals surface area (Å²) in [6, 6.07) is 17.6. The molecule has 0 saturated carbocycles. The molecule has 0 radical (unpaired) electrons. The lowest BCUT2D eigenvalue weighted by Crippen LogP contribution is -2.41. The highest BCUT2D eigenvalue weighted by molar-refractivity contribution is 6.15. The van der Waals surface area contributed by atoms with Gasteiger partial charge in [0.1, 0.15) is 5.78 Å². The fourth-order valence-electron chi connectivity index (χ4n) is 3.31. The molecule has 2 nitrogen and oxygen atoms in total. The van der Waals surface area contributed by atoms with Gasteiger partial charge >= 0.3 is 0 Å². The van der Waals surface area contributed by atoms with E-state index in [0.29, 0.717) is 18.4 Å². The maximum absolute atomic E-state index is 13.0. The molecule has 1 aliphatic rings. The van der Waals surface area contributed by atoms with Gasteiger partial charge in [-0.3, -0.25) is 9.59 Å². The molecule has 0 amide bonds. The number of hydrogen-bond acceptors (Lipinski definition) is 2. The van der Waals surface area contributed by atoms with Crippen LogP contribution < -0.4 is 0 Å². The zero-order chi connectivity index (χ0) is 16.3. The quantitative estimate of drug-likeness (QED) is 0.780. The number of Topliss-reactive ketones (excluding diaryl/α,β-unsaturated/α-hetero) is 2. The number of hydrogen-bond donors (Lipinski definition) is 0. The van der Waals surface area contributed by atoms with Gasteiger partial charge in [-0.25, -0.2) is 0 Å². The lowest BCUT2D eigenvalue weighted by atomic mass is 9.66. The standard InChI is InChI=1S/C21H20O2/c1-16(22)21(14-7-10-17-8-3-2-4-9-17)15-13-18-11-5-6-12-19(18)20(21)23/h2-12H,13-15H2,1H3/b10-7+/t21-/m1/s1. The largest absolute Gasteiger partial charge is 0.299 e. The summed E-state index contributed by atoms with van der Waals surface area (Å²) in [5.41, 5.74) is 1.94. The van der Waals surface area contributed by atoms with Crippen molar-refractivity contribution in [2.45, 2.75) is 26.2 Å². The van der Waals surface area contributed by atoms with Gasteiger partial charge in [-0.2, -0.15) is 0 Å². The van der Waals surface area contributed by atoms with Crippen LogP contribution in [0.4, 0.5) is 0 Å². The minimum absolute atomic E-state index is 0.0236. The first-order valence-corrected chi connectivity index (χ1v) is 7.99. The number of carbonyl (C=O) groups excluding carboxylic acids is 2. The molecule has 0 spiro atoms. The second-order valence-electron chi connectivity index (χ2n) is 6.14. The molecule has 0 heterocycles. The summed E-state index contributed by atoms with van der Waals surface area (Å²) in [6.07, 6.45) is 5.78. The van der Waals surface area contributed by atoms with Crippen molar-refractivity contribution in [1.29, 1.82) is 0 Å². The molecule has 0 bridgehead atoms. The van der Waals surface area contributed by atoms with Crippen LogP contribution in [-0.4, -0.2) is 11.6 Å². The van der Waals surface area contributed by atoms with Crippen LogP contribution in [0, 0.1) is 5.41 Å². The van der Waals surface area contributed by atoms with Crippen molar-refractivity contribution in [1.82, 2.24) is 0 Å². The van der Waals surface area contributed by atoms with Crippen LogP contribution >= 0.6 is 0 Å². The molecule has 0 aromatic heterocycles. The second-order valence-corrected chi connectivity index (χ2v) is 6.14. The van der Waals surface area contributed by atoms with Gasteiger partial charge in [-0.15, -0.1) is 0 Å². The molecule has 0 unspecified atom stereocenters. The molecule has 2 aromatic carbocycles. The minimum Gasteiger partial charge on any atom is -0.299 e. The van der Waals surface area contributed by atoms with Crippen molar-refractivity contribution in [3.8, 4) is 0 Å². The Morgan fingerprint density at radius 3 is 2.52 bits per heavy atom. The third-order valence-electron chi connectivity index (χ3n) is 4.77. The maximum Gasteiger partial charge on any atom is 0.176 e. The van der Waals surface area contributed by atoms with E-state index >= 15 is 0 Å². The van der Waals surface area contributed by atoms with E-state index in [2.05, 4.69) is 0 Å². The summed E-state index contributed by atoms with van der Waals surface area (Å²) in [4.78, 5) is 25.3. The molecule has 0 aliphatic heterocycles. The van der Waals surface area contributed by atoms with Crippen LogP contribution in [-0.2, 0) is 11.2 Å². The van der Waals surface area contributed by atoms with E-state index < -0.39 is 5.41 Å². The molecule has 0 saturated heterocycles. The maximum atomic E-state index is 13.0. The molecule has 0 N–H and O–H groups in total. The van der Waals surface area contributed by atoms with Crippen molar-refractivity contribution in [3.05, 3.63) is 77.4 Å². The molecular weight excluding hydrogens is 284 g/mol. The lowest BCUT2D eigenvalue weighted by Gasteiger charge is -2.33. The summed E-state index contributed by atoms with van der Waals surface area (Å²) in [6.45, 7) is 1.54. The number of rotatable bonds is 4. The van der Waals surface area contributed by atoms with E-state index in [9.17, 15) is 9.59 Å². The predicted octanol–water partition coefficient (Wildman–Crippen LogP) is 4.49. The lowest BCUT2D eigenvalue weighted by molar-refractivity contribution is -0.124. The molecule has 116 valence electrons. The molecule has 3 rings (SSSR count). The van der Waals surface area contributed by atoms with E-state index in [1.807, 2.05) is 66.7 Å². The average molecular weight is 304 g/mol. The summed E-state index contributed by atoms with van der Waals surface area (Å²) >= 11 is 0. The van der Waals surface area contributed by atoms with Gasteiger partial charge in [0.15, 0.2) is 5.78 Å². The fraction of sp³-hybridized carbons (Fsp3) is 0.238. The molecule has 0 fully saturated rings. The summed E-state index contributed by atoms with van der Waals surface area (Å²) in [5.74, 6) is -0.0562.